The lowest BCUT2D eigenvalue weighted by molar-refractivity contribution is 0.0977. The maximum atomic E-state index is 10.9. The van der Waals surface area contributed by atoms with Gasteiger partial charge in [0, 0.05) is 49.4 Å². The number of thiazole rings is 1. The van der Waals surface area contributed by atoms with Crippen molar-refractivity contribution >= 4 is 33.7 Å². The van der Waals surface area contributed by atoms with Gasteiger partial charge in [0.25, 0.3) is 0 Å². The van der Waals surface area contributed by atoms with Crippen molar-refractivity contribution in [1.29, 1.82) is 0 Å². The van der Waals surface area contributed by atoms with E-state index in [0.29, 0.717) is 11.6 Å². The number of aliphatic hydroxyl groups is 2. The molecule has 2 aliphatic rings. The van der Waals surface area contributed by atoms with Crippen LogP contribution >= 0.6 is 11.3 Å². The van der Waals surface area contributed by atoms with Crippen LogP contribution in [0.2, 0.25) is 0 Å². The summed E-state index contributed by atoms with van der Waals surface area (Å²) in [4.78, 5) is 9.57. The molecule has 9 nitrogen and oxygen atoms in total. The second-order valence-electron chi connectivity index (χ2n) is 8.03. The molecule has 2 N–H and O–H groups in total. The highest BCUT2D eigenvalue weighted by atomic mass is 32.1. The molecule has 5 rings (SSSR count). The second-order valence-corrected chi connectivity index (χ2v) is 9.18. The van der Waals surface area contributed by atoms with Crippen molar-refractivity contribution < 1.29 is 14.9 Å². The summed E-state index contributed by atoms with van der Waals surface area (Å²) in [5.41, 5.74) is 1.95. The molecule has 31 heavy (non-hydrogen) atoms. The van der Waals surface area contributed by atoms with Gasteiger partial charge in [-0.05, 0) is 36.3 Å². The van der Waals surface area contributed by atoms with Crippen molar-refractivity contribution in [3.63, 3.8) is 0 Å². The summed E-state index contributed by atoms with van der Waals surface area (Å²) < 4.78 is 5.45. The normalized spacial score (nSPS) is 20.9. The first-order valence-corrected chi connectivity index (χ1v) is 11.5. The van der Waals surface area contributed by atoms with Crippen LogP contribution < -0.4 is 9.80 Å². The molecule has 10 heteroatoms. The van der Waals surface area contributed by atoms with Crippen LogP contribution in [0.3, 0.4) is 0 Å². The molecule has 0 saturated carbocycles. The summed E-state index contributed by atoms with van der Waals surface area (Å²) in [6.07, 6.45) is 2.86. The van der Waals surface area contributed by atoms with Gasteiger partial charge in [0.15, 0.2) is 5.82 Å². The molecule has 2 aliphatic heterocycles. The molecule has 0 amide bonds. The lowest BCUT2D eigenvalue weighted by atomic mass is 9.92. The van der Waals surface area contributed by atoms with Crippen LogP contribution in [0.25, 0.3) is 10.9 Å². The van der Waals surface area contributed by atoms with Crippen LogP contribution in [-0.2, 0) is 11.3 Å². The van der Waals surface area contributed by atoms with E-state index in [1.165, 1.54) is 11.3 Å². The fourth-order valence-corrected chi connectivity index (χ4v) is 5.26. The Morgan fingerprint density at radius 1 is 1.16 bits per heavy atom. The highest BCUT2D eigenvalue weighted by Gasteiger charge is 2.30. The minimum absolute atomic E-state index is 0.0454. The van der Waals surface area contributed by atoms with E-state index in [1.54, 1.807) is 6.20 Å². The molecule has 164 valence electrons. The molecule has 2 saturated heterocycles. The number of nitrogens with zero attached hydrogens (tertiary/aromatic N) is 6. The molecule has 0 spiro atoms. The Labute approximate surface area is 184 Å². The van der Waals surface area contributed by atoms with Gasteiger partial charge in [0.1, 0.15) is 16.6 Å². The predicted octanol–water partition coefficient (Wildman–Crippen LogP) is 1.76. The highest BCUT2D eigenvalue weighted by Crippen LogP contribution is 2.35. The third-order valence-electron chi connectivity index (χ3n) is 6.07. The minimum Gasteiger partial charge on any atom is -0.391 e. The Morgan fingerprint density at radius 3 is 2.84 bits per heavy atom. The number of fused-ring (bicyclic) bond motifs is 1. The number of piperidine rings is 1. The summed E-state index contributed by atoms with van der Waals surface area (Å²) >= 11 is 1.37. The van der Waals surface area contributed by atoms with Gasteiger partial charge in [-0.15, -0.1) is 21.5 Å². The van der Waals surface area contributed by atoms with Gasteiger partial charge in [-0.25, -0.2) is 4.98 Å². The molecular formula is C21H26N6O3S. The number of rotatable bonds is 5. The number of aliphatic hydroxyl groups excluding tert-OH is 2. The van der Waals surface area contributed by atoms with E-state index in [9.17, 15) is 10.2 Å². The number of anilines is 2. The zero-order valence-electron chi connectivity index (χ0n) is 17.2. The number of hydrogen-bond acceptors (Lipinski definition) is 10. The van der Waals surface area contributed by atoms with Crippen LogP contribution in [0.4, 0.5) is 11.5 Å². The third-order valence-corrected chi connectivity index (χ3v) is 7.13. The monoisotopic (exact) mass is 442 g/mol. The zero-order chi connectivity index (χ0) is 21.2. The molecule has 3 aromatic rings. The first-order valence-electron chi connectivity index (χ1n) is 10.7. The van der Waals surface area contributed by atoms with Gasteiger partial charge in [-0.1, -0.05) is 0 Å². The highest BCUT2D eigenvalue weighted by molar-refractivity contribution is 7.11. The van der Waals surface area contributed by atoms with Crippen LogP contribution in [0.5, 0.6) is 0 Å². The smallest absolute Gasteiger partial charge is 0.162 e. The summed E-state index contributed by atoms with van der Waals surface area (Å²) in [6.45, 7) is 4.71. The number of hydrogen-bond donors (Lipinski definition) is 2. The van der Waals surface area contributed by atoms with Crippen molar-refractivity contribution in [2.75, 3.05) is 49.2 Å². The zero-order valence-corrected chi connectivity index (χ0v) is 18.0. The second kappa shape index (κ2) is 8.99. The van der Waals surface area contributed by atoms with Gasteiger partial charge in [0.2, 0.25) is 0 Å². The number of aromatic nitrogens is 4. The molecule has 0 unspecified atom stereocenters. The number of benzene rings is 1. The topological polar surface area (TPSA) is 108 Å². The molecule has 0 bridgehead atoms. The first-order chi connectivity index (χ1) is 15.2. The quantitative estimate of drug-likeness (QED) is 0.611. The van der Waals surface area contributed by atoms with Gasteiger partial charge < -0.3 is 24.7 Å². The third kappa shape index (κ3) is 4.20. The van der Waals surface area contributed by atoms with Gasteiger partial charge in [0.05, 0.1) is 24.7 Å². The van der Waals surface area contributed by atoms with Crippen LogP contribution in [0.15, 0.2) is 24.4 Å². The fraction of sp³-hybridized carbons (Fsp3) is 0.524. The lowest BCUT2D eigenvalue weighted by Gasteiger charge is -2.35. The molecule has 2 atom stereocenters. The van der Waals surface area contributed by atoms with Gasteiger partial charge >= 0.3 is 0 Å². The Balaban J connectivity index is 1.38. The standard InChI is InChI=1S/C21H26N6O3S/c28-13-16-11-22-21(31-16)19(29)14-2-1-5-27(12-14)20-17-4-3-15(10-18(17)23-25-24-20)26-6-8-30-9-7-26/h3-4,10-11,14,19,28-29H,1-2,5-9,12-13H2/t14-,19-/m0/s1. The van der Waals surface area contributed by atoms with Crippen LogP contribution in [0, 0.1) is 5.92 Å². The van der Waals surface area contributed by atoms with Gasteiger partial charge in [-0.3, -0.25) is 0 Å². The molecule has 4 heterocycles. The fourth-order valence-electron chi connectivity index (χ4n) is 4.40. The van der Waals surface area contributed by atoms with Crippen LogP contribution in [-0.4, -0.2) is 70.0 Å². The first kappa shape index (κ1) is 20.5. The molecule has 0 aliphatic carbocycles. The predicted molar refractivity (Wildman–Crippen MR) is 118 cm³/mol. The van der Waals surface area contributed by atoms with E-state index in [4.69, 9.17) is 4.74 Å². The molecular weight excluding hydrogens is 416 g/mol. The maximum absolute atomic E-state index is 10.9. The Kier molecular flexibility index (Phi) is 5.95. The number of ether oxygens (including phenoxy) is 1. The van der Waals surface area contributed by atoms with E-state index in [0.717, 1.165) is 73.0 Å². The minimum atomic E-state index is -0.651. The maximum Gasteiger partial charge on any atom is 0.162 e. The van der Waals surface area contributed by atoms with E-state index in [1.807, 2.05) is 0 Å². The average Bonchev–Trinajstić information content (AvgIpc) is 3.33. The summed E-state index contributed by atoms with van der Waals surface area (Å²) in [7, 11) is 0. The largest absolute Gasteiger partial charge is 0.391 e. The van der Waals surface area contributed by atoms with Crippen molar-refractivity contribution in [3.05, 3.63) is 34.3 Å². The Morgan fingerprint density at radius 2 is 2.03 bits per heavy atom. The average molecular weight is 443 g/mol. The molecule has 2 fully saturated rings. The summed E-state index contributed by atoms with van der Waals surface area (Å²) in [6, 6.07) is 6.26. The SMILES string of the molecule is OCc1cnc([C@@H](O)[C@H]2CCCN(c3nnnc4cc(N5CCOCC5)ccc34)C2)s1. The Hall–Kier alpha value is -2.40. The summed E-state index contributed by atoms with van der Waals surface area (Å²) in [5, 5.41) is 34.5. The summed E-state index contributed by atoms with van der Waals surface area (Å²) in [5.74, 6) is 0.856. The van der Waals surface area contributed by atoms with E-state index >= 15 is 0 Å². The molecule has 2 aromatic heterocycles. The van der Waals surface area contributed by atoms with E-state index in [-0.39, 0.29) is 12.5 Å². The number of morpholine rings is 1. The van der Waals surface area contributed by atoms with Crippen LogP contribution in [0.1, 0.15) is 28.8 Å². The van der Waals surface area contributed by atoms with E-state index < -0.39 is 6.10 Å². The van der Waals surface area contributed by atoms with E-state index in [2.05, 4.69) is 48.4 Å². The van der Waals surface area contributed by atoms with Crippen molar-refractivity contribution in [2.24, 2.45) is 5.92 Å². The molecule has 1 aromatic carbocycles. The van der Waals surface area contributed by atoms with Crippen molar-refractivity contribution in [2.45, 2.75) is 25.6 Å². The van der Waals surface area contributed by atoms with Crippen molar-refractivity contribution in [3.8, 4) is 0 Å². The van der Waals surface area contributed by atoms with Crippen molar-refractivity contribution in [1.82, 2.24) is 20.4 Å². The lowest BCUT2D eigenvalue weighted by Crippen LogP contribution is -2.38. The van der Waals surface area contributed by atoms with Gasteiger partial charge in [-0.2, -0.15) is 0 Å². The molecule has 0 radical (unpaired) electrons. The Bertz CT molecular complexity index is 1040.